The molecule has 4 rings (SSSR count). The molecule has 1 saturated heterocycles. The van der Waals surface area contributed by atoms with E-state index in [1.807, 2.05) is 19.1 Å². The van der Waals surface area contributed by atoms with Crippen LogP contribution in [0, 0.1) is 12.8 Å². The summed E-state index contributed by atoms with van der Waals surface area (Å²) in [5.41, 5.74) is 1.53. The van der Waals surface area contributed by atoms with Gasteiger partial charge >= 0.3 is 0 Å². The van der Waals surface area contributed by atoms with E-state index in [2.05, 4.69) is 25.5 Å². The van der Waals surface area contributed by atoms with Crippen molar-refractivity contribution in [2.75, 3.05) is 18.4 Å². The number of aromatic nitrogens is 4. The number of carbonyl (C=O) groups is 1. The van der Waals surface area contributed by atoms with Gasteiger partial charge in [0.1, 0.15) is 10.7 Å². The lowest BCUT2D eigenvalue weighted by Crippen LogP contribution is -2.41. The van der Waals surface area contributed by atoms with Gasteiger partial charge in [-0.25, -0.2) is 13.4 Å². The highest BCUT2D eigenvalue weighted by Crippen LogP contribution is 2.25. The van der Waals surface area contributed by atoms with Gasteiger partial charge in [0.15, 0.2) is 5.82 Å². The Bertz CT molecular complexity index is 1120. The third kappa shape index (κ3) is 4.24. The molecule has 2 N–H and O–H groups in total. The maximum Gasteiger partial charge on any atom is 0.244 e. The average Bonchev–Trinajstić information content (AvgIpc) is 3.21. The van der Waals surface area contributed by atoms with E-state index in [-0.39, 0.29) is 16.7 Å². The third-order valence-corrected chi connectivity index (χ3v) is 6.99. The van der Waals surface area contributed by atoms with Crippen molar-refractivity contribution in [2.24, 2.45) is 5.92 Å². The molecule has 2 aromatic heterocycles. The number of amides is 1. The average molecular weight is 427 g/mol. The second-order valence-corrected chi connectivity index (χ2v) is 9.12. The van der Waals surface area contributed by atoms with Gasteiger partial charge in [0, 0.05) is 42.7 Å². The second-order valence-electron chi connectivity index (χ2n) is 7.18. The fourth-order valence-electron chi connectivity index (χ4n) is 3.43. The first-order valence-corrected chi connectivity index (χ1v) is 11.1. The Kier molecular flexibility index (Phi) is 5.60. The number of rotatable bonds is 5. The molecular weight excluding hydrogens is 404 g/mol. The van der Waals surface area contributed by atoms with Gasteiger partial charge in [0.05, 0.1) is 0 Å². The van der Waals surface area contributed by atoms with Crippen molar-refractivity contribution in [2.45, 2.75) is 24.7 Å². The summed E-state index contributed by atoms with van der Waals surface area (Å²) in [6.07, 6.45) is 3.83. The fraction of sp³-hybridized carbons (Fsp3) is 0.300. The molecule has 0 atom stereocenters. The number of sulfonamides is 1. The van der Waals surface area contributed by atoms with Crippen LogP contribution in [0.4, 0.5) is 5.69 Å². The topological polar surface area (TPSA) is 121 Å². The zero-order chi connectivity index (χ0) is 21.1. The van der Waals surface area contributed by atoms with Crippen molar-refractivity contribution in [3.05, 3.63) is 54.6 Å². The molecule has 1 aliphatic rings. The summed E-state index contributed by atoms with van der Waals surface area (Å²) >= 11 is 0. The van der Waals surface area contributed by atoms with Gasteiger partial charge < -0.3 is 5.32 Å². The smallest absolute Gasteiger partial charge is 0.244 e. The van der Waals surface area contributed by atoms with Gasteiger partial charge in [-0.2, -0.15) is 9.40 Å². The molecule has 0 aliphatic carbocycles. The first-order valence-electron chi connectivity index (χ1n) is 9.64. The monoisotopic (exact) mass is 426 g/mol. The molecule has 10 heteroatoms. The molecule has 3 aromatic rings. The maximum atomic E-state index is 12.7. The Morgan fingerprint density at radius 2 is 1.90 bits per heavy atom. The summed E-state index contributed by atoms with van der Waals surface area (Å²) in [7, 11) is -3.57. The van der Waals surface area contributed by atoms with Crippen LogP contribution in [0.5, 0.6) is 0 Å². The standard InChI is InChI=1S/C20H22N6O3S/c1-14-22-19(25-24-14)15-4-6-17(7-5-15)23-20(27)16-8-11-26(12-9-16)30(28,29)18-3-2-10-21-13-18/h2-7,10,13,16H,8-9,11-12H2,1H3,(H,23,27)(H,22,24,25). The molecule has 1 aliphatic heterocycles. The van der Waals surface area contributed by atoms with Crippen LogP contribution in [-0.4, -0.2) is 51.9 Å². The highest BCUT2D eigenvalue weighted by Gasteiger charge is 2.32. The number of H-pyrrole nitrogens is 1. The number of aryl methyl sites for hydroxylation is 1. The molecule has 156 valence electrons. The predicted molar refractivity (Wildman–Crippen MR) is 111 cm³/mol. The van der Waals surface area contributed by atoms with E-state index in [0.717, 1.165) is 11.4 Å². The van der Waals surface area contributed by atoms with E-state index >= 15 is 0 Å². The lowest BCUT2D eigenvalue weighted by atomic mass is 9.97. The van der Waals surface area contributed by atoms with E-state index in [4.69, 9.17) is 0 Å². The van der Waals surface area contributed by atoms with E-state index in [1.165, 1.54) is 22.8 Å². The molecular formula is C20H22N6O3S. The summed E-state index contributed by atoms with van der Waals surface area (Å²) in [5.74, 6) is 1.00. The highest BCUT2D eigenvalue weighted by atomic mass is 32.2. The number of nitrogens with zero attached hydrogens (tertiary/aromatic N) is 4. The normalized spacial score (nSPS) is 15.8. The number of hydrogen-bond donors (Lipinski definition) is 2. The molecule has 0 bridgehead atoms. The second kappa shape index (κ2) is 8.33. The molecule has 0 saturated carbocycles. The van der Waals surface area contributed by atoms with Crippen molar-refractivity contribution in [1.82, 2.24) is 24.5 Å². The molecule has 1 fully saturated rings. The van der Waals surface area contributed by atoms with Crippen molar-refractivity contribution >= 4 is 21.6 Å². The Morgan fingerprint density at radius 1 is 1.17 bits per heavy atom. The number of benzene rings is 1. The molecule has 1 aromatic carbocycles. The van der Waals surface area contributed by atoms with Crippen molar-refractivity contribution < 1.29 is 13.2 Å². The minimum absolute atomic E-state index is 0.102. The lowest BCUT2D eigenvalue weighted by Gasteiger charge is -2.30. The minimum Gasteiger partial charge on any atom is -0.326 e. The summed E-state index contributed by atoms with van der Waals surface area (Å²) in [4.78, 5) is 21.0. The third-order valence-electron chi connectivity index (χ3n) is 5.10. The summed E-state index contributed by atoms with van der Waals surface area (Å²) in [5, 5.41) is 9.83. The molecule has 1 amide bonds. The fourth-order valence-corrected chi connectivity index (χ4v) is 4.86. The van der Waals surface area contributed by atoms with Gasteiger partial charge in [-0.3, -0.25) is 14.9 Å². The van der Waals surface area contributed by atoms with Crippen LogP contribution in [-0.2, 0) is 14.8 Å². The Balaban J connectivity index is 1.34. The SMILES string of the molecule is Cc1nc(-c2ccc(NC(=O)C3CCN(S(=O)(=O)c4cccnc4)CC3)cc2)n[nH]1. The lowest BCUT2D eigenvalue weighted by molar-refractivity contribution is -0.120. The van der Waals surface area contributed by atoms with Gasteiger partial charge in [-0.05, 0) is 56.2 Å². The number of hydrogen-bond acceptors (Lipinski definition) is 6. The zero-order valence-electron chi connectivity index (χ0n) is 16.4. The zero-order valence-corrected chi connectivity index (χ0v) is 17.3. The number of aromatic amines is 1. The summed E-state index contributed by atoms with van der Waals surface area (Å²) in [6.45, 7) is 2.44. The van der Waals surface area contributed by atoms with Gasteiger partial charge in [0.25, 0.3) is 0 Å². The summed E-state index contributed by atoms with van der Waals surface area (Å²) in [6, 6.07) is 10.4. The Labute approximate surface area is 174 Å². The first kappa shape index (κ1) is 20.2. The van der Waals surface area contributed by atoms with Crippen LogP contribution in [0.3, 0.4) is 0 Å². The Morgan fingerprint density at radius 3 is 2.50 bits per heavy atom. The number of piperidine rings is 1. The first-order chi connectivity index (χ1) is 14.4. The highest BCUT2D eigenvalue weighted by molar-refractivity contribution is 7.89. The number of nitrogens with one attached hydrogen (secondary N) is 2. The molecule has 9 nitrogen and oxygen atoms in total. The largest absolute Gasteiger partial charge is 0.326 e. The minimum atomic E-state index is -3.57. The molecule has 30 heavy (non-hydrogen) atoms. The quantitative estimate of drug-likeness (QED) is 0.645. The van der Waals surface area contributed by atoms with E-state index in [9.17, 15) is 13.2 Å². The van der Waals surface area contributed by atoms with Crippen LogP contribution in [0.1, 0.15) is 18.7 Å². The molecule has 3 heterocycles. The van der Waals surface area contributed by atoms with Crippen LogP contribution < -0.4 is 5.32 Å². The molecule has 0 spiro atoms. The van der Waals surface area contributed by atoms with Crippen molar-refractivity contribution in [3.63, 3.8) is 0 Å². The van der Waals surface area contributed by atoms with Gasteiger partial charge in [0.2, 0.25) is 15.9 Å². The van der Waals surface area contributed by atoms with E-state index < -0.39 is 10.0 Å². The van der Waals surface area contributed by atoms with Crippen LogP contribution in [0.15, 0.2) is 53.7 Å². The Hall–Kier alpha value is -3.11. The predicted octanol–water partition coefficient (Wildman–Crippen LogP) is 2.21. The summed E-state index contributed by atoms with van der Waals surface area (Å²) < 4.78 is 26.8. The molecule has 0 radical (unpaired) electrons. The van der Waals surface area contributed by atoms with Crippen LogP contribution >= 0.6 is 0 Å². The maximum absolute atomic E-state index is 12.7. The van der Waals surface area contributed by atoms with Gasteiger partial charge in [-0.15, -0.1) is 0 Å². The van der Waals surface area contributed by atoms with Crippen molar-refractivity contribution in [1.29, 1.82) is 0 Å². The molecule has 0 unspecified atom stereocenters. The number of carbonyl (C=O) groups excluding carboxylic acids is 1. The number of pyridine rings is 1. The number of anilines is 1. The van der Waals surface area contributed by atoms with Gasteiger partial charge in [-0.1, -0.05) is 0 Å². The van der Waals surface area contributed by atoms with Crippen LogP contribution in [0.25, 0.3) is 11.4 Å². The van der Waals surface area contributed by atoms with Crippen LogP contribution in [0.2, 0.25) is 0 Å². The van der Waals surface area contributed by atoms with Crippen molar-refractivity contribution in [3.8, 4) is 11.4 Å². The van der Waals surface area contributed by atoms with E-state index in [0.29, 0.717) is 37.4 Å². The van der Waals surface area contributed by atoms with E-state index in [1.54, 1.807) is 18.2 Å².